The van der Waals surface area contributed by atoms with E-state index in [0.717, 1.165) is 57.2 Å². The fourth-order valence-electron chi connectivity index (χ4n) is 4.21. The normalized spacial score (nSPS) is 23.1. The summed E-state index contributed by atoms with van der Waals surface area (Å²) in [4.78, 5) is 29.7. The zero-order chi connectivity index (χ0) is 21.3. The van der Waals surface area contributed by atoms with Crippen LogP contribution in [0.4, 0.5) is 0 Å². The van der Waals surface area contributed by atoms with Crippen molar-refractivity contribution in [1.82, 2.24) is 25.3 Å². The van der Waals surface area contributed by atoms with E-state index in [0.29, 0.717) is 25.0 Å². The SMILES string of the molecule is CCCCN1NC(C(=O)NC2=C(C(=O)OCC)CCCCC2)CCC1n1ccnc1. The topological polar surface area (TPSA) is 88.5 Å². The van der Waals surface area contributed by atoms with E-state index in [-0.39, 0.29) is 24.1 Å². The molecule has 8 nitrogen and oxygen atoms in total. The number of ether oxygens (including phenoxy) is 1. The predicted octanol–water partition coefficient (Wildman–Crippen LogP) is 3.05. The Morgan fingerprint density at radius 1 is 1.23 bits per heavy atom. The molecule has 0 aromatic carbocycles. The Balaban J connectivity index is 1.70. The van der Waals surface area contributed by atoms with Gasteiger partial charge in [-0.05, 0) is 51.9 Å². The van der Waals surface area contributed by atoms with Crippen molar-refractivity contribution in [3.8, 4) is 0 Å². The Bertz CT molecular complexity index is 731. The molecule has 1 fully saturated rings. The smallest absolute Gasteiger partial charge is 0.335 e. The van der Waals surface area contributed by atoms with Gasteiger partial charge in [0.05, 0.1) is 18.5 Å². The molecule has 3 rings (SSSR count). The van der Waals surface area contributed by atoms with Crippen molar-refractivity contribution in [1.29, 1.82) is 0 Å². The van der Waals surface area contributed by atoms with E-state index in [9.17, 15) is 9.59 Å². The van der Waals surface area contributed by atoms with Crippen molar-refractivity contribution in [2.24, 2.45) is 0 Å². The highest BCUT2D eigenvalue weighted by Gasteiger charge is 2.33. The molecular formula is C22H35N5O3. The second-order valence-electron chi connectivity index (χ2n) is 8.02. The molecule has 0 bridgehead atoms. The number of amides is 1. The van der Waals surface area contributed by atoms with Gasteiger partial charge in [0.25, 0.3) is 0 Å². The summed E-state index contributed by atoms with van der Waals surface area (Å²) in [6.07, 6.45) is 13.8. The summed E-state index contributed by atoms with van der Waals surface area (Å²) in [5.74, 6) is -0.365. The van der Waals surface area contributed by atoms with Crippen LogP contribution in [0.2, 0.25) is 0 Å². The summed E-state index contributed by atoms with van der Waals surface area (Å²) >= 11 is 0. The van der Waals surface area contributed by atoms with Crippen LogP contribution < -0.4 is 10.7 Å². The van der Waals surface area contributed by atoms with Gasteiger partial charge in [-0.25, -0.2) is 20.2 Å². The average Bonchev–Trinajstić information content (AvgIpc) is 3.18. The van der Waals surface area contributed by atoms with Gasteiger partial charge in [-0.3, -0.25) is 4.79 Å². The number of aromatic nitrogens is 2. The third kappa shape index (κ3) is 5.70. The molecular weight excluding hydrogens is 382 g/mol. The van der Waals surface area contributed by atoms with Crippen LogP contribution in [-0.4, -0.2) is 45.6 Å². The van der Waals surface area contributed by atoms with E-state index in [1.54, 1.807) is 13.1 Å². The van der Waals surface area contributed by atoms with Crippen LogP contribution in [0.1, 0.15) is 77.8 Å². The van der Waals surface area contributed by atoms with Crippen LogP contribution in [0.3, 0.4) is 0 Å². The molecule has 1 amide bonds. The predicted molar refractivity (Wildman–Crippen MR) is 114 cm³/mol. The minimum absolute atomic E-state index is 0.0701. The number of nitrogens with one attached hydrogen (secondary N) is 2. The van der Waals surface area contributed by atoms with Gasteiger partial charge in [0, 0.05) is 24.6 Å². The van der Waals surface area contributed by atoms with E-state index in [2.05, 4.69) is 32.2 Å². The van der Waals surface area contributed by atoms with Gasteiger partial charge in [0.2, 0.25) is 5.91 Å². The van der Waals surface area contributed by atoms with Crippen LogP contribution in [0, 0.1) is 0 Å². The molecule has 1 aromatic rings. The molecule has 1 aromatic heterocycles. The Morgan fingerprint density at radius 3 is 2.80 bits per heavy atom. The van der Waals surface area contributed by atoms with E-state index in [1.165, 1.54) is 0 Å². The van der Waals surface area contributed by atoms with Crippen LogP contribution in [0.15, 0.2) is 30.0 Å². The number of hydrazine groups is 1. The largest absolute Gasteiger partial charge is 0.463 e. The first-order chi connectivity index (χ1) is 14.6. The fraction of sp³-hybridized carbons (Fsp3) is 0.682. The van der Waals surface area contributed by atoms with Gasteiger partial charge in [-0.15, -0.1) is 0 Å². The van der Waals surface area contributed by atoms with Crippen molar-refractivity contribution < 1.29 is 14.3 Å². The van der Waals surface area contributed by atoms with Gasteiger partial charge in [0.1, 0.15) is 12.2 Å². The number of esters is 1. The number of nitrogens with zero attached hydrogens (tertiary/aromatic N) is 3. The second-order valence-corrected chi connectivity index (χ2v) is 8.02. The monoisotopic (exact) mass is 417 g/mol. The van der Waals surface area contributed by atoms with E-state index >= 15 is 0 Å². The zero-order valence-electron chi connectivity index (χ0n) is 18.2. The maximum Gasteiger partial charge on any atom is 0.335 e. The van der Waals surface area contributed by atoms with Crippen LogP contribution in [0.5, 0.6) is 0 Å². The van der Waals surface area contributed by atoms with Gasteiger partial charge >= 0.3 is 5.97 Å². The maximum atomic E-state index is 13.1. The van der Waals surface area contributed by atoms with Gasteiger partial charge < -0.3 is 14.6 Å². The molecule has 2 N–H and O–H groups in total. The van der Waals surface area contributed by atoms with Crippen molar-refractivity contribution in [2.45, 2.75) is 83.8 Å². The Morgan fingerprint density at radius 2 is 2.07 bits per heavy atom. The summed E-state index contributed by atoms with van der Waals surface area (Å²) < 4.78 is 7.32. The maximum absolute atomic E-state index is 13.1. The summed E-state index contributed by atoms with van der Waals surface area (Å²) in [5.41, 5.74) is 4.82. The number of rotatable bonds is 8. The highest BCUT2D eigenvalue weighted by atomic mass is 16.5. The quantitative estimate of drug-likeness (QED) is 0.632. The number of carbonyl (C=O) groups excluding carboxylic acids is 2. The van der Waals surface area contributed by atoms with Crippen LogP contribution >= 0.6 is 0 Å². The minimum atomic E-state index is -0.319. The molecule has 1 aliphatic carbocycles. The first kappa shape index (κ1) is 22.5. The van der Waals surface area contributed by atoms with Crippen molar-refractivity contribution >= 4 is 11.9 Å². The summed E-state index contributed by atoms with van der Waals surface area (Å²) in [6, 6.07) is -0.319. The molecule has 2 unspecified atom stereocenters. The third-order valence-electron chi connectivity index (χ3n) is 5.85. The Labute approximate surface area is 179 Å². The van der Waals surface area contributed by atoms with E-state index < -0.39 is 0 Å². The lowest BCUT2D eigenvalue weighted by Crippen LogP contribution is -2.57. The third-order valence-corrected chi connectivity index (χ3v) is 5.85. The first-order valence-corrected chi connectivity index (χ1v) is 11.3. The van der Waals surface area contributed by atoms with Gasteiger partial charge in [-0.1, -0.05) is 19.8 Å². The lowest BCUT2D eigenvalue weighted by atomic mass is 10.0. The Hall–Kier alpha value is -2.19. The highest BCUT2D eigenvalue weighted by Crippen LogP contribution is 2.26. The molecule has 8 heteroatoms. The second kappa shape index (κ2) is 11.3. The molecule has 2 atom stereocenters. The highest BCUT2D eigenvalue weighted by molar-refractivity contribution is 5.91. The van der Waals surface area contributed by atoms with E-state index in [4.69, 9.17) is 4.74 Å². The standard InChI is InChI=1S/C22H35N5O3/c1-3-5-14-27-20(26-15-13-23-16-26)12-11-19(25-27)21(28)24-18-10-8-6-7-9-17(18)22(29)30-4-2/h13,15-16,19-20,25H,3-12,14H2,1-2H3,(H,24,28). The fourth-order valence-corrected chi connectivity index (χ4v) is 4.21. The van der Waals surface area contributed by atoms with Crippen LogP contribution in [0.25, 0.3) is 0 Å². The van der Waals surface area contributed by atoms with Crippen molar-refractivity contribution in [3.05, 3.63) is 30.0 Å². The number of hydrogen-bond donors (Lipinski definition) is 2. The summed E-state index contributed by atoms with van der Waals surface area (Å²) in [7, 11) is 0. The number of carbonyl (C=O) groups is 2. The molecule has 0 radical (unpaired) electrons. The molecule has 0 spiro atoms. The number of imidazole rings is 1. The number of allylic oxidation sites excluding steroid dienone is 1. The van der Waals surface area contributed by atoms with E-state index in [1.807, 2.05) is 12.5 Å². The molecule has 166 valence electrons. The van der Waals surface area contributed by atoms with Crippen LogP contribution in [-0.2, 0) is 14.3 Å². The number of unbranched alkanes of at least 4 members (excludes halogenated alkanes) is 1. The minimum Gasteiger partial charge on any atom is -0.463 e. The van der Waals surface area contributed by atoms with Gasteiger partial charge in [-0.2, -0.15) is 0 Å². The molecule has 1 saturated heterocycles. The number of hydrogen-bond acceptors (Lipinski definition) is 6. The van der Waals surface area contributed by atoms with Crippen molar-refractivity contribution in [3.63, 3.8) is 0 Å². The first-order valence-electron chi connectivity index (χ1n) is 11.3. The Kier molecular flexibility index (Phi) is 8.45. The lowest BCUT2D eigenvalue weighted by Gasteiger charge is -2.40. The summed E-state index contributed by atoms with van der Waals surface area (Å²) in [6.45, 7) is 5.17. The molecule has 30 heavy (non-hydrogen) atoms. The summed E-state index contributed by atoms with van der Waals surface area (Å²) in [5, 5.41) is 5.24. The average molecular weight is 418 g/mol. The lowest BCUT2D eigenvalue weighted by molar-refractivity contribution is -0.138. The molecule has 1 aliphatic heterocycles. The zero-order valence-corrected chi connectivity index (χ0v) is 18.2. The molecule has 0 saturated carbocycles. The molecule has 2 aliphatic rings. The molecule has 2 heterocycles. The van der Waals surface area contributed by atoms with Crippen molar-refractivity contribution in [2.75, 3.05) is 13.2 Å². The van der Waals surface area contributed by atoms with Gasteiger partial charge in [0.15, 0.2) is 0 Å².